The van der Waals surface area contributed by atoms with Gasteiger partial charge >= 0.3 is 12.1 Å². The van der Waals surface area contributed by atoms with Gasteiger partial charge in [-0.2, -0.15) is 13.2 Å². The highest BCUT2D eigenvalue weighted by Gasteiger charge is 2.35. The lowest BCUT2D eigenvalue weighted by Crippen LogP contribution is -2.32. The van der Waals surface area contributed by atoms with Gasteiger partial charge in [-0.05, 0) is 80.5 Å². The molecule has 3 N–H and O–H groups in total. The van der Waals surface area contributed by atoms with Crippen LogP contribution in [0.2, 0.25) is 5.02 Å². The molecule has 1 aliphatic rings. The molecule has 0 aromatic heterocycles. The Morgan fingerprint density at radius 1 is 1.14 bits per heavy atom. The summed E-state index contributed by atoms with van der Waals surface area (Å²) in [6.45, 7) is 1.97. The Hall–Kier alpha value is -2.94. The van der Waals surface area contributed by atoms with Gasteiger partial charge in [0.1, 0.15) is 5.75 Å². The normalized spacial score (nSPS) is 19.0. The first-order chi connectivity index (χ1) is 16.5. The summed E-state index contributed by atoms with van der Waals surface area (Å²) in [7, 11) is 1.48. The van der Waals surface area contributed by atoms with Gasteiger partial charge in [-0.1, -0.05) is 11.6 Å². The number of alkyl halides is 3. The molecular formula is C25H28ClF3N2O4. The molecule has 0 saturated heterocycles. The lowest BCUT2D eigenvalue weighted by molar-refractivity contribution is -0.143. The fraction of sp³-hybridized carbons (Fsp3) is 0.440. The quantitative estimate of drug-likeness (QED) is 0.394. The molecule has 190 valence electrons. The average Bonchev–Trinajstić information content (AvgIpc) is 2.82. The minimum absolute atomic E-state index is 0.103. The number of anilines is 1. The molecule has 2 aromatic carbocycles. The van der Waals surface area contributed by atoms with Crippen molar-refractivity contribution in [1.82, 2.24) is 5.32 Å². The second-order valence-corrected chi connectivity index (χ2v) is 9.18. The van der Waals surface area contributed by atoms with Crippen molar-refractivity contribution in [3.8, 4) is 5.75 Å². The first-order valence-corrected chi connectivity index (χ1v) is 11.7. The Labute approximate surface area is 206 Å². The number of nitrogens with one attached hydrogen (secondary N) is 2. The molecule has 1 saturated carbocycles. The van der Waals surface area contributed by atoms with Gasteiger partial charge in [0.05, 0.1) is 24.6 Å². The van der Waals surface area contributed by atoms with E-state index in [0.717, 1.165) is 6.07 Å². The highest BCUT2D eigenvalue weighted by Crippen LogP contribution is 2.38. The molecular weight excluding hydrogens is 485 g/mol. The van der Waals surface area contributed by atoms with Crippen molar-refractivity contribution in [2.45, 2.75) is 44.8 Å². The number of carboxylic acids is 1. The van der Waals surface area contributed by atoms with Crippen LogP contribution in [0, 0.1) is 11.8 Å². The summed E-state index contributed by atoms with van der Waals surface area (Å²) in [6.07, 6.45) is -2.32. The molecule has 1 amide bonds. The molecule has 1 fully saturated rings. The molecule has 2 aromatic rings. The highest BCUT2D eigenvalue weighted by molar-refractivity contribution is 6.31. The van der Waals surface area contributed by atoms with Gasteiger partial charge in [-0.25, -0.2) is 0 Å². The summed E-state index contributed by atoms with van der Waals surface area (Å²) < 4.78 is 46.7. The Morgan fingerprint density at radius 3 is 2.43 bits per heavy atom. The van der Waals surface area contributed by atoms with Gasteiger partial charge in [-0.3, -0.25) is 9.59 Å². The summed E-state index contributed by atoms with van der Waals surface area (Å²) in [5, 5.41) is 15.0. The molecule has 3 rings (SSSR count). The van der Waals surface area contributed by atoms with Gasteiger partial charge in [0.2, 0.25) is 0 Å². The summed E-state index contributed by atoms with van der Waals surface area (Å²) in [4.78, 5) is 23.7. The van der Waals surface area contributed by atoms with Crippen molar-refractivity contribution in [2.75, 3.05) is 19.0 Å². The predicted octanol–water partition coefficient (Wildman–Crippen LogP) is 6.16. The number of amides is 1. The van der Waals surface area contributed by atoms with E-state index in [0.29, 0.717) is 42.0 Å². The lowest BCUT2D eigenvalue weighted by atomic mass is 9.82. The Balaban J connectivity index is 1.72. The fourth-order valence-electron chi connectivity index (χ4n) is 4.29. The standard InChI is InChI=1S/C25H28ClF3N2O4/c1-14(19-12-18(35-2)8-9-21(19)26)31-22-10-7-17(11-20(22)25(27,28)29)23(32)30-13-15-3-5-16(6-4-15)24(33)34/h7-12,14-16,31H,3-6,13H2,1-2H3,(H,30,32)(H,33,34). The van der Waals surface area contributed by atoms with Gasteiger partial charge in [0.25, 0.3) is 5.91 Å². The molecule has 1 aliphatic carbocycles. The molecule has 1 unspecified atom stereocenters. The number of benzene rings is 2. The molecule has 0 radical (unpaired) electrons. The van der Waals surface area contributed by atoms with Crippen LogP contribution in [0.1, 0.15) is 60.1 Å². The van der Waals surface area contributed by atoms with E-state index in [1.165, 1.54) is 19.2 Å². The van der Waals surface area contributed by atoms with Crippen LogP contribution >= 0.6 is 11.6 Å². The topological polar surface area (TPSA) is 87.7 Å². The third kappa shape index (κ3) is 6.81. The number of methoxy groups -OCH3 is 1. The van der Waals surface area contributed by atoms with E-state index < -0.39 is 29.7 Å². The molecule has 0 aliphatic heterocycles. The molecule has 10 heteroatoms. The van der Waals surface area contributed by atoms with Crippen molar-refractivity contribution in [3.63, 3.8) is 0 Å². The molecule has 0 bridgehead atoms. The van der Waals surface area contributed by atoms with E-state index in [9.17, 15) is 22.8 Å². The van der Waals surface area contributed by atoms with Crippen LogP contribution in [0.5, 0.6) is 5.75 Å². The summed E-state index contributed by atoms with van der Waals surface area (Å²) in [6, 6.07) is 7.76. The molecule has 6 nitrogen and oxygen atoms in total. The van der Waals surface area contributed by atoms with E-state index in [1.807, 2.05) is 0 Å². The van der Waals surface area contributed by atoms with Gasteiger partial charge in [0, 0.05) is 22.8 Å². The Morgan fingerprint density at radius 2 is 1.83 bits per heavy atom. The van der Waals surface area contributed by atoms with Crippen LogP contribution in [0.15, 0.2) is 36.4 Å². The number of rotatable bonds is 8. The number of ether oxygens (including phenoxy) is 1. The highest BCUT2D eigenvalue weighted by atomic mass is 35.5. The van der Waals surface area contributed by atoms with E-state index in [4.69, 9.17) is 21.4 Å². The SMILES string of the molecule is COc1ccc(Cl)c(C(C)Nc2ccc(C(=O)NCC3CCC(C(=O)O)CC3)cc2C(F)(F)F)c1. The molecule has 1 atom stereocenters. The second kappa shape index (κ2) is 11.2. The van der Waals surface area contributed by atoms with E-state index in [-0.39, 0.29) is 29.6 Å². The van der Waals surface area contributed by atoms with Crippen LogP contribution in [-0.4, -0.2) is 30.6 Å². The average molecular weight is 513 g/mol. The van der Waals surface area contributed by atoms with Crippen LogP contribution in [0.25, 0.3) is 0 Å². The third-order valence-corrected chi connectivity index (χ3v) is 6.72. The maximum Gasteiger partial charge on any atom is 0.418 e. The number of carbonyl (C=O) groups is 2. The monoisotopic (exact) mass is 512 g/mol. The lowest BCUT2D eigenvalue weighted by Gasteiger charge is -2.26. The summed E-state index contributed by atoms with van der Waals surface area (Å²) >= 11 is 6.23. The zero-order valence-electron chi connectivity index (χ0n) is 19.4. The van der Waals surface area contributed by atoms with Gasteiger partial charge in [0.15, 0.2) is 0 Å². The van der Waals surface area contributed by atoms with E-state index in [2.05, 4.69) is 10.6 Å². The van der Waals surface area contributed by atoms with Crippen molar-refractivity contribution in [3.05, 3.63) is 58.1 Å². The Kier molecular flexibility index (Phi) is 8.53. The number of carbonyl (C=O) groups excluding carboxylic acids is 1. The summed E-state index contributed by atoms with van der Waals surface area (Å²) in [5.41, 5.74) is -0.668. The first-order valence-electron chi connectivity index (χ1n) is 11.3. The second-order valence-electron chi connectivity index (χ2n) is 8.78. The first kappa shape index (κ1) is 26.7. The smallest absolute Gasteiger partial charge is 0.418 e. The minimum atomic E-state index is -4.69. The molecule has 0 spiro atoms. The number of carboxylic acid groups (broad SMARTS) is 1. The van der Waals surface area contributed by atoms with Crippen LogP contribution in [0.3, 0.4) is 0 Å². The fourth-order valence-corrected chi connectivity index (χ4v) is 4.57. The van der Waals surface area contributed by atoms with E-state index >= 15 is 0 Å². The van der Waals surface area contributed by atoms with Crippen LogP contribution < -0.4 is 15.4 Å². The zero-order valence-corrected chi connectivity index (χ0v) is 20.2. The van der Waals surface area contributed by atoms with Gasteiger partial charge < -0.3 is 20.5 Å². The molecule has 0 heterocycles. The number of halogens is 4. The number of hydrogen-bond donors (Lipinski definition) is 3. The van der Waals surface area contributed by atoms with Crippen molar-refractivity contribution in [2.24, 2.45) is 11.8 Å². The zero-order chi connectivity index (χ0) is 25.8. The Bertz CT molecular complexity index is 1070. The minimum Gasteiger partial charge on any atom is -0.497 e. The van der Waals surface area contributed by atoms with Crippen molar-refractivity contribution < 1.29 is 32.6 Å². The maximum atomic E-state index is 13.9. The third-order valence-electron chi connectivity index (χ3n) is 6.38. The number of hydrogen-bond acceptors (Lipinski definition) is 4. The largest absolute Gasteiger partial charge is 0.497 e. The molecule has 35 heavy (non-hydrogen) atoms. The maximum absolute atomic E-state index is 13.9. The van der Waals surface area contributed by atoms with Crippen molar-refractivity contribution in [1.29, 1.82) is 0 Å². The summed E-state index contributed by atoms with van der Waals surface area (Å²) in [5.74, 6) is -1.16. The van der Waals surface area contributed by atoms with Crippen LogP contribution in [-0.2, 0) is 11.0 Å². The van der Waals surface area contributed by atoms with Crippen LogP contribution in [0.4, 0.5) is 18.9 Å². The predicted molar refractivity (Wildman–Crippen MR) is 127 cm³/mol. The van der Waals surface area contributed by atoms with Crippen molar-refractivity contribution >= 4 is 29.2 Å². The van der Waals surface area contributed by atoms with Gasteiger partial charge in [-0.15, -0.1) is 0 Å². The van der Waals surface area contributed by atoms with E-state index in [1.54, 1.807) is 25.1 Å². The number of aliphatic carboxylic acids is 1.